The zero-order valence-electron chi connectivity index (χ0n) is 12.7. The molecule has 2 aliphatic rings. The van der Waals surface area contributed by atoms with Crippen LogP contribution in [-0.2, 0) is 9.53 Å². The van der Waals surface area contributed by atoms with Crippen molar-refractivity contribution in [3.05, 3.63) is 11.6 Å². The molecule has 1 saturated heterocycles. The molecular weight excluding hydrogens is 238 g/mol. The van der Waals surface area contributed by atoms with Crippen LogP contribution in [0, 0.1) is 11.8 Å². The van der Waals surface area contributed by atoms with E-state index in [-0.39, 0.29) is 18.1 Å². The minimum Gasteiger partial charge on any atom is -0.372 e. The summed E-state index contributed by atoms with van der Waals surface area (Å²) in [6.07, 6.45) is 5.87. The van der Waals surface area contributed by atoms with Gasteiger partial charge in [-0.25, -0.2) is 0 Å². The van der Waals surface area contributed by atoms with Gasteiger partial charge in [-0.1, -0.05) is 25.5 Å². The quantitative estimate of drug-likeness (QED) is 0.718. The van der Waals surface area contributed by atoms with E-state index in [4.69, 9.17) is 4.74 Å². The van der Waals surface area contributed by atoms with Crippen LogP contribution >= 0.6 is 0 Å². The number of carbonyl (C=O) groups excluding carboxylic acids is 1. The Balaban J connectivity index is 2.04. The highest BCUT2D eigenvalue weighted by Crippen LogP contribution is 2.29. The number of rotatable bonds is 2. The van der Waals surface area contributed by atoms with E-state index >= 15 is 0 Å². The van der Waals surface area contributed by atoms with Gasteiger partial charge in [-0.15, -0.1) is 0 Å². The average molecular weight is 265 g/mol. The van der Waals surface area contributed by atoms with Gasteiger partial charge in [0.05, 0.1) is 18.1 Å². The van der Waals surface area contributed by atoms with Gasteiger partial charge in [0.25, 0.3) is 0 Å². The van der Waals surface area contributed by atoms with Crippen LogP contribution in [0.2, 0.25) is 0 Å². The smallest absolute Gasteiger partial charge is 0.229 e. The van der Waals surface area contributed by atoms with Gasteiger partial charge in [0, 0.05) is 13.1 Å². The molecule has 0 saturated carbocycles. The van der Waals surface area contributed by atoms with Crippen LogP contribution in [0.1, 0.15) is 47.0 Å². The number of nitrogens with zero attached hydrogens (tertiary/aromatic N) is 1. The summed E-state index contributed by atoms with van der Waals surface area (Å²) in [4.78, 5) is 14.6. The first-order chi connectivity index (χ1) is 8.97. The van der Waals surface area contributed by atoms with Gasteiger partial charge >= 0.3 is 0 Å². The Labute approximate surface area is 117 Å². The van der Waals surface area contributed by atoms with Crippen molar-refractivity contribution in [3.63, 3.8) is 0 Å². The Bertz CT molecular complexity index is 352. The summed E-state index contributed by atoms with van der Waals surface area (Å²) in [6.45, 7) is 10.0. The monoisotopic (exact) mass is 265 g/mol. The molecule has 0 radical (unpaired) electrons. The topological polar surface area (TPSA) is 29.5 Å². The molecule has 19 heavy (non-hydrogen) atoms. The van der Waals surface area contributed by atoms with Gasteiger partial charge in [-0.05, 0) is 39.0 Å². The van der Waals surface area contributed by atoms with Crippen molar-refractivity contribution < 1.29 is 9.53 Å². The average Bonchev–Trinajstić information content (AvgIpc) is 2.37. The van der Waals surface area contributed by atoms with Crippen molar-refractivity contribution in [1.82, 2.24) is 4.90 Å². The van der Waals surface area contributed by atoms with Gasteiger partial charge in [0.15, 0.2) is 0 Å². The molecule has 1 amide bonds. The summed E-state index contributed by atoms with van der Waals surface area (Å²) in [5.74, 6) is 0.974. The summed E-state index contributed by atoms with van der Waals surface area (Å²) in [7, 11) is 0. The summed E-state index contributed by atoms with van der Waals surface area (Å²) < 4.78 is 5.70. The summed E-state index contributed by atoms with van der Waals surface area (Å²) in [5, 5.41) is 0. The molecule has 0 N–H and O–H groups in total. The fraction of sp³-hybridized carbons (Fsp3) is 0.812. The number of hydrogen-bond acceptors (Lipinski definition) is 2. The first-order valence-corrected chi connectivity index (χ1v) is 7.62. The predicted octanol–water partition coefficient (Wildman–Crippen LogP) is 3.00. The lowest BCUT2D eigenvalue weighted by Crippen LogP contribution is -2.50. The van der Waals surface area contributed by atoms with Crippen LogP contribution in [0.15, 0.2) is 11.6 Å². The second-order valence-corrected chi connectivity index (χ2v) is 6.40. The number of amides is 1. The number of hydrogen-bond donors (Lipinski definition) is 0. The van der Waals surface area contributed by atoms with Crippen molar-refractivity contribution in [3.8, 4) is 0 Å². The summed E-state index contributed by atoms with van der Waals surface area (Å²) in [6, 6.07) is 0. The van der Waals surface area contributed by atoms with Crippen LogP contribution in [-0.4, -0.2) is 36.1 Å². The third-order valence-corrected chi connectivity index (χ3v) is 4.19. The lowest BCUT2D eigenvalue weighted by Gasteiger charge is -2.37. The molecule has 3 nitrogen and oxygen atoms in total. The van der Waals surface area contributed by atoms with E-state index in [1.165, 1.54) is 5.57 Å². The second-order valence-electron chi connectivity index (χ2n) is 6.40. The van der Waals surface area contributed by atoms with E-state index < -0.39 is 0 Å². The highest BCUT2D eigenvalue weighted by molar-refractivity contribution is 5.81. The predicted molar refractivity (Wildman–Crippen MR) is 76.9 cm³/mol. The first kappa shape index (κ1) is 14.6. The molecule has 3 heteroatoms. The molecule has 1 aliphatic heterocycles. The van der Waals surface area contributed by atoms with Gasteiger partial charge in [0.2, 0.25) is 5.91 Å². The third-order valence-electron chi connectivity index (χ3n) is 4.19. The van der Waals surface area contributed by atoms with E-state index in [1.807, 2.05) is 18.7 Å². The highest BCUT2D eigenvalue weighted by atomic mass is 16.5. The first-order valence-electron chi connectivity index (χ1n) is 7.62. The van der Waals surface area contributed by atoms with Crippen molar-refractivity contribution in [2.45, 2.75) is 59.2 Å². The van der Waals surface area contributed by atoms with Gasteiger partial charge < -0.3 is 9.64 Å². The van der Waals surface area contributed by atoms with Gasteiger partial charge in [0.1, 0.15) is 0 Å². The number of allylic oxidation sites excluding steroid dienone is 1. The minimum absolute atomic E-state index is 0.101. The number of morpholine rings is 1. The van der Waals surface area contributed by atoms with Crippen molar-refractivity contribution in [2.75, 3.05) is 13.1 Å². The normalized spacial score (nSPS) is 32.4. The SMILES string of the molecule is CC(C)C1=CC(C(=O)N2C[C@@H](C)O[C@@H](C)C2)CCC1. The van der Waals surface area contributed by atoms with Crippen LogP contribution in [0.25, 0.3) is 0 Å². The van der Waals surface area contributed by atoms with Gasteiger partial charge in [-0.3, -0.25) is 4.79 Å². The molecule has 0 aromatic carbocycles. The zero-order chi connectivity index (χ0) is 14.0. The molecular formula is C16H27NO2. The van der Waals surface area contributed by atoms with Crippen LogP contribution < -0.4 is 0 Å². The molecule has 0 spiro atoms. The van der Waals surface area contributed by atoms with E-state index in [1.54, 1.807) is 0 Å². The molecule has 0 aromatic heterocycles. The molecule has 2 rings (SSSR count). The summed E-state index contributed by atoms with van der Waals surface area (Å²) in [5.41, 5.74) is 1.46. The lowest BCUT2D eigenvalue weighted by molar-refractivity contribution is -0.146. The second kappa shape index (κ2) is 6.08. The maximum absolute atomic E-state index is 12.6. The van der Waals surface area contributed by atoms with Gasteiger partial charge in [-0.2, -0.15) is 0 Å². The zero-order valence-corrected chi connectivity index (χ0v) is 12.7. The molecule has 1 fully saturated rings. The minimum atomic E-state index is 0.101. The Morgan fingerprint density at radius 1 is 1.32 bits per heavy atom. The maximum atomic E-state index is 12.6. The van der Waals surface area contributed by atoms with Crippen LogP contribution in [0.4, 0.5) is 0 Å². The Hall–Kier alpha value is -0.830. The van der Waals surface area contributed by atoms with Crippen LogP contribution in [0.3, 0.4) is 0 Å². The number of ether oxygens (including phenoxy) is 1. The Kier molecular flexibility index (Phi) is 4.67. The van der Waals surface area contributed by atoms with E-state index in [0.29, 0.717) is 11.8 Å². The fourth-order valence-corrected chi connectivity index (χ4v) is 3.22. The van der Waals surface area contributed by atoms with Crippen molar-refractivity contribution in [2.24, 2.45) is 11.8 Å². The maximum Gasteiger partial charge on any atom is 0.229 e. The van der Waals surface area contributed by atoms with Crippen LogP contribution in [0.5, 0.6) is 0 Å². The molecule has 1 unspecified atom stereocenters. The Morgan fingerprint density at radius 3 is 2.53 bits per heavy atom. The molecule has 0 bridgehead atoms. The van der Waals surface area contributed by atoms with E-state index in [2.05, 4.69) is 19.9 Å². The summed E-state index contributed by atoms with van der Waals surface area (Å²) >= 11 is 0. The molecule has 0 aromatic rings. The lowest BCUT2D eigenvalue weighted by atomic mass is 9.84. The van der Waals surface area contributed by atoms with Crippen molar-refractivity contribution in [1.29, 1.82) is 0 Å². The van der Waals surface area contributed by atoms with E-state index in [0.717, 1.165) is 32.4 Å². The highest BCUT2D eigenvalue weighted by Gasteiger charge is 2.31. The number of carbonyl (C=O) groups is 1. The standard InChI is InChI=1S/C16H27NO2/c1-11(2)14-6-5-7-15(8-14)16(18)17-9-12(3)19-13(4)10-17/h8,11-13,15H,5-7,9-10H2,1-4H3/t12-,13+,15?. The fourth-order valence-electron chi connectivity index (χ4n) is 3.22. The molecule has 1 heterocycles. The largest absolute Gasteiger partial charge is 0.372 e. The van der Waals surface area contributed by atoms with E-state index in [9.17, 15) is 4.79 Å². The molecule has 3 atom stereocenters. The molecule has 108 valence electrons. The third kappa shape index (κ3) is 3.59. The Morgan fingerprint density at radius 2 is 1.95 bits per heavy atom. The molecule has 1 aliphatic carbocycles. The van der Waals surface area contributed by atoms with Crippen molar-refractivity contribution >= 4 is 5.91 Å².